The van der Waals surface area contributed by atoms with Gasteiger partial charge in [-0.25, -0.2) is 12.8 Å². The van der Waals surface area contributed by atoms with Gasteiger partial charge in [0.25, 0.3) is 15.9 Å². The number of thiophene rings is 1. The van der Waals surface area contributed by atoms with Gasteiger partial charge in [0.15, 0.2) is 0 Å². The molecule has 7 nitrogen and oxygen atoms in total. The SMILES string of the molecule is Cn1nc(CN(C(=O)c2ccc(F)cc2)c2ccccc2)c2c1CCN(S(=O)(=O)c1cccs1)C2. The van der Waals surface area contributed by atoms with Crippen molar-refractivity contribution < 1.29 is 17.6 Å². The van der Waals surface area contributed by atoms with Gasteiger partial charge in [0.1, 0.15) is 10.0 Å². The van der Waals surface area contributed by atoms with E-state index in [2.05, 4.69) is 5.10 Å². The predicted octanol–water partition coefficient (Wildman–Crippen LogP) is 4.21. The molecule has 4 aromatic rings. The number of para-hydroxylation sites is 1. The fraction of sp³-hybridized carbons (Fsp3) is 0.200. The maximum Gasteiger partial charge on any atom is 0.258 e. The zero-order valence-electron chi connectivity index (χ0n) is 19.0. The van der Waals surface area contributed by atoms with Crippen LogP contribution in [0.25, 0.3) is 0 Å². The van der Waals surface area contributed by atoms with E-state index in [4.69, 9.17) is 0 Å². The van der Waals surface area contributed by atoms with Crippen molar-refractivity contribution >= 4 is 33.0 Å². The summed E-state index contributed by atoms with van der Waals surface area (Å²) >= 11 is 1.19. The molecule has 1 aliphatic heterocycles. The molecule has 0 aliphatic carbocycles. The Morgan fingerprint density at radius 1 is 1.09 bits per heavy atom. The van der Waals surface area contributed by atoms with Gasteiger partial charge in [-0.2, -0.15) is 9.40 Å². The third-order valence-corrected chi connectivity index (χ3v) is 9.31. The molecule has 3 heterocycles. The first-order valence-corrected chi connectivity index (χ1v) is 13.4. The summed E-state index contributed by atoms with van der Waals surface area (Å²) in [4.78, 5) is 15.1. The summed E-state index contributed by atoms with van der Waals surface area (Å²) in [6.07, 6.45) is 0.528. The average molecular weight is 511 g/mol. The summed E-state index contributed by atoms with van der Waals surface area (Å²) in [7, 11) is -1.78. The van der Waals surface area contributed by atoms with Crippen LogP contribution in [0.15, 0.2) is 76.3 Å². The number of sulfonamides is 1. The lowest BCUT2D eigenvalue weighted by atomic mass is 10.1. The largest absolute Gasteiger partial charge is 0.302 e. The predicted molar refractivity (Wildman–Crippen MR) is 132 cm³/mol. The van der Waals surface area contributed by atoms with Crippen LogP contribution >= 0.6 is 11.3 Å². The molecule has 5 rings (SSSR count). The van der Waals surface area contributed by atoms with Gasteiger partial charge in [0.2, 0.25) is 0 Å². The molecule has 0 saturated heterocycles. The normalized spacial score (nSPS) is 14.0. The number of hydrogen-bond donors (Lipinski definition) is 0. The molecule has 35 heavy (non-hydrogen) atoms. The van der Waals surface area contributed by atoms with Crippen LogP contribution in [0.1, 0.15) is 27.3 Å². The van der Waals surface area contributed by atoms with E-state index in [1.807, 2.05) is 37.4 Å². The van der Waals surface area contributed by atoms with Crippen molar-refractivity contribution in [3.05, 3.63) is 100 Å². The minimum absolute atomic E-state index is 0.149. The molecule has 2 aromatic carbocycles. The molecule has 0 N–H and O–H groups in total. The van der Waals surface area contributed by atoms with Crippen molar-refractivity contribution in [3.63, 3.8) is 0 Å². The molecule has 180 valence electrons. The second-order valence-electron chi connectivity index (χ2n) is 8.25. The summed E-state index contributed by atoms with van der Waals surface area (Å²) in [5.41, 5.74) is 3.42. The molecule has 0 radical (unpaired) electrons. The fourth-order valence-corrected chi connectivity index (χ4v) is 6.85. The summed E-state index contributed by atoms with van der Waals surface area (Å²) in [6, 6.07) is 17.9. The summed E-state index contributed by atoms with van der Waals surface area (Å²) in [5, 5.41) is 6.42. The van der Waals surface area contributed by atoms with Crippen molar-refractivity contribution in [2.75, 3.05) is 11.4 Å². The molecule has 0 unspecified atom stereocenters. The first-order valence-electron chi connectivity index (χ1n) is 11.0. The lowest BCUT2D eigenvalue weighted by molar-refractivity contribution is 0.0984. The molecule has 0 spiro atoms. The zero-order chi connectivity index (χ0) is 24.6. The molecule has 0 bridgehead atoms. The Kier molecular flexibility index (Phi) is 6.26. The van der Waals surface area contributed by atoms with Gasteiger partial charge in [-0.05, 0) is 47.8 Å². The van der Waals surface area contributed by atoms with E-state index in [1.165, 1.54) is 39.9 Å². The smallest absolute Gasteiger partial charge is 0.258 e. The number of benzene rings is 2. The molecule has 1 aliphatic rings. The van der Waals surface area contributed by atoms with Gasteiger partial charge in [0.05, 0.1) is 12.2 Å². The van der Waals surface area contributed by atoms with Crippen LogP contribution in [-0.4, -0.2) is 35.0 Å². The number of anilines is 1. The van der Waals surface area contributed by atoms with Crippen LogP contribution in [-0.2, 0) is 36.6 Å². The van der Waals surface area contributed by atoms with Gasteiger partial charge in [-0.1, -0.05) is 24.3 Å². The second-order valence-corrected chi connectivity index (χ2v) is 11.4. The maximum absolute atomic E-state index is 13.5. The van der Waals surface area contributed by atoms with E-state index < -0.39 is 15.8 Å². The van der Waals surface area contributed by atoms with Gasteiger partial charge < -0.3 is 4.90 Å². The minimum atomic E-state index is -3.61. The Labute approximate surface area is 207 Å². The molecule has 1 amide bonds. The third kappa shape index (κ3) is 4.52. The van der Waals surface area contributed by atoms with Gasteiger partial charge in [-0.15, -0.1) is 11.3 Å². The number of aromatic nitrogens is 2. The van der Waals surface area contributed by atoms with Crippen LogP contribution in [0.2, 0.25) is 0 Å². The fourth-order valence-electron chi connectivity index (χ4n) is 4.30. The quantitative estimate of drug-likeness (QED) is 0.389. The highest BCUT2D eigenvalue weighted by Crippen LogP contribution is 2.30. The summed E-state index contributed by atoms with van der Waals surface area (Å²) in [5.74, 6) is -0.715. The molecule has 2 aromatic heterocycles. The van der Waals surface area contributed by atoms with Gasteiger partial charge in [-0.3, -0.25) is 9.48 Å². The Morgan fingerprint density at radius 2 is 1.83 bits per heavy atom. The molecule has 10 heteroatoms. The number of rotatable bonds is 6. The van der Waals surface area contributed by atoms with Gasteiger partial charge >= 0.3 is 0 Å². The Morgan fingerprint density at radius 3 is 2.51 bits per heavy atom. The van der Waals surface area contributed by atoms with Crippen LogP contribution < -0.4 is 4.90 Å². The van der Waals surface area contributed by atoms with E-state index in [0.717, 1.165) is 11.3 Å². The number of halogens is 1. The Bertz CT molecular complexity index is 1450. The lowest BCUT2D eigenvalue weighted by Gasteiger charge is -2.27. The minimum Gasteiger partial charge on any atom is -0.302 e. The van der Waals surface area contributed by atoms with Crippen molar-refractivity contribution in [1.29, 1.82) is 0 Å². The average Bonchev–Trinajstić information content (AvgIpc) is 3.52. The van der Waals surface area contributed by atoms with Crippen molar-refractivity contribution in [3.8, 4) is 0 Å². The molecular formula is C25H23FN4O3S2. The number of carbonyl (C=O) groups excluding carboxylic acids is 1. The Hall–Kier alpha value is -3.34. The topological polar surface area (TPSA) is 75.5 Å². The van der Waals surface area contributed by atoms with E-state index in [-0.39, 0.29) is 19.0 Å². The number of hydrogen-bond acceptors (Lipinski definition) is 5. The number of carbonyl (C=O) groups is 1. The zero-order valence-corrected chi connectivity index (χ0v) is 20.6. The maximum atomic E-state index is 13.5. The number of amides is 1. The van der Waals surface area contributed by atoms with Crippen molar-refractivity contribution in [2.45, 2.75) is 23.7 Å². The molecule has 0 saturated carbocycles. The number of aryl methyl sites for hydroxylation is 1. The Balaban J connectivity index is 1.50. The standard InChI is InChI=1S/C25H23FN4O3S2/c1-28-23-13-14-29(35(32,33)24-8-5-15-34-24)16-21(23)22(27-28)17-30(20-6-3-2-4-7-20)25(31)18-9-11-19(26)12-10-18/h2-12,15H,13-14,16-17H2,1H3. The second kappa shape index (κ2) is 9.37. The molecular weight excluding hydrogens is 487 g/mol. The van der Waals surface area contributed by atoms with Crippen molar-refractivity contribution in [1.82, 2.24) is 14.1 Å². The molecule has 0 atom stereocenters. The van der Waals surface area contributed by atoms with Crippen LogP contribution in [0.5, 0.6) is 0 Å². The highest BCUT2D eigenvalue weighted by atomic mass is 32.2. The van der Waals surface area contributed by atoms with E-state index in [0.29, 0.717) is 34.1 Å². The van der Waals surface area contributed by atoms with E-state index in [9.17, 15) is 17.6 Å². The highest BCUT2D eigenvalue weighted by molar-refractivity contribution is 7.91. The number of nitrogens with zero attached hydrogens (tertiary/aromatic N) is 4. The van der Waals surface area contributed by atoms with Crippen molar-refractivity contribution in [2.24, 2.45) is 7.05 Å². The monoisotopic (exact) mass is 510 g/mol. The van der Waals surface area contributed by atoms with Crippen LogP contribution in [0.3, 0.4) is 0 Å². The first kappa shape index (κ1) is 23.4. The third-order valence-electron chi connectivity index (χ3n) is 6.09. The van der Waals surface area contributed by atoms with Gasteiger partial charge in [0, 0.05) is 49.1 Å². The van der Waals surface area contributed by atoms with E-state index in [1.54, 1.807) is 27.1 Å². The molecule has 0 fully saturated rings. The van der Waals surface area contributed by atoms with E-state index >= 15 is 0 Å². The first-order chi connectivity index (χ1) is 16.8. The summed E-state index contributed by atoms with van der Waals surface area (Å²) in [6.45, 7) is 0.700. The summed E-state index contributed by atoms with van der Waals surface area (Å²) < 4.78 is 43.3. The highest BCUT2D eigenvalue weighted by Gasteiger charge is 2.33. The van der Waals surface area contributed by atoms with Crippen LogP contribution in [0.4, 0.5) is 10.1 Å². The van der Waals surface area contributed by atoms with Crippen LogP contribution in [0, 0.1) is 5.82 Å². The lowest BCUT2D eigenvalue weighted by Crippen LogP contribution is -2.36. The number of fused-ring (bicyclic) bond motifs is 1.